The maximum absolute atomic E-state index is 11.7. The van der Waals surface area contributed by atoms with Crippen molar-refractivity contribution in [2.24, 2.45) is 0 Å². The Morgan fingerprint density at radius 2 is 2.27 bits per heavy atom. The molecule has 1 amide bonds. The smallest absolute Gasteiger partial charge is 0.287 e. The highest BCUT2D eigenvalue weighted by atomic mass is 79.9. The van der Waals surface area contributed by atoms with Crippen LogP contribution in [0.15, 0.2) is 21.2 Å². The highest BCUT2D eigenvalue weighted by molar-refractivity contribution is 9.10. The molecule has 0 fully saturated rings. The third-order valence-corrected chi connectivity index (χ3v) is 2.58. The first kappa shape index (κ1) is 12.6. The molecule has 0 aliphatic heterocycles. The summed E-state index contributed by atoms with van der Waals surface area (Å²) >= 11 is 8.78. The molecule has 0 atom stereocenters. The maximum Gasteiger partial charge on any atom is 0.287 e. The Hall–Kier alpha value is -0.480. The largest absolute Gasteiger partial charge is 0.444 e. The van der Waals surface area contributed by atoms with Crippen molar-refractivity contribution in [2.45, 2.75) is 25.8 Å². The summed E-state index contributed by atoms with van der Waals surface area (Å²) in [6.45, 7) is 3.84. The van der Waals surface area contributed by atoms with E-state index in [0.717, 1.165) is 0 Å². The highest BCUT2D eigenvalue weighted by Gasteiger charge is 2.21. The minimum absolute atomic E-state index is 0.226. The molecular weight excluding hydrogens is 281 g/mol. The normalized spacial score (nSPS) is 11.5. The van der Waals surface area contributed by atoms with Gasteiger partial charge in [0.25, 0.3) is 5.91 Å². The van der Waals surface area contributed by atoms with Crippen molar-refractivity contribution in [2.75, 3.05) is 5.88 Å². The number of halogens is 2. The van der Waals surface area contributed by atoms with Crippen LogP contribution in [0.5, 0.6) is 0 Å². The molecule has 0 radical (unpaired) electrons. The van der Waals surface area contributed by atoms with E-state index in [1.165, 1.54) is 0 Å². The van der Waals surface area contributed by atoms with Gasteiger partial charge in [0, 0.05) is 11.4 Å². The minimum Gasteiger partial charge on any atom is -0.444 e. The second-order valence-corrected chi connectivity index (χ2v) is 5.04. The number of furan rings is 1. The zero-order chi connectivity index (χ0) is 11.5. The van der Waals surface area contributed by atoms with Gasteiger partial charge >= 0.3 is 0 Å². The van der Waals surface area contributed by atoms with E-state index in [4.69, 9.17) is 16.0 Å². The fraction of sp³-hybridized carbons (Fsp3) is 0.500. The Labute approximate surface area is 102 Å². The van der Waals surface area contributed by atoms with Gasteiger partial charge in [-0.1, -0.05) is 0 Å². The molecule has 1 aromatic rings. The van der Waals surface area contributed by atoms with Crippen LogP contribution in [0.2, 0.25) is 0 Å². The van der Waals surface area contributed by atoms with Crippen molar-refractivity contribution < 1.29 is 9.21 Å². The van der Waals surface area contributed by atoms with Gasteiger partial charge in [-0.25, -0.2) is 0 Å². The van der Waals surface area contributed by atoms with Gasteiger partial charge in [-0.2, -0.15) is 0 Å². The summed E-state index contributed by atoms with van der Waals surface area (Å²) in [6.07, 6.45) is 0.710. The molecule has 0 aliphatic carbocycles. The highest BCUT2D eigenvalue weighted by Crippen LogP contribution is 2.16. The van der Waals surface area contributed by atoms with Gasteiger partial charge in [0.1, 0.15) is 0 Å². The zero-order valence-electron chi connectivity index (χ0n) is 8.64. The van der Waals surface area contributed by atoms with E-state index in [0.29, 0.717) is 22.7 Å². The quantitative estimate of drug-likeness (QED) is 0.867. The van der Waals surface area contributed by atoms with E-state index in [1.807, 2.05) is 13.8 Å². The summed E-state index contributed by atoms with van der Waals surface area (Å²) in [6, 6.07) is 3.31. The number of alkyl halides is 1. The van der Waals surface area contributed by atoms with E-state index < -0.39 is 0 Å². The van der Waals surface area contributed by atoms with Crippen LogP contribution in [0.1, 0.15) is 30.8 Å². The summed E-state index contributed by atoms with van der Waals surface area (Å²) in [5.41, 5.74) is -0.321. The van der Waals surface area contributed by atoms with E-state index in [1.54, 1.807) is 12.1 Å². The Bertz CT molecular complexity index is 349. The maximum atomic E-state index is 11.7. The Morgan fingerprint density at radius 3 is 2.73 bits per heavy atom. The number of hydrogen-bond acceptors (Lipinski definition) is 2. The summed E-state index contributed by atoms with van der Waals surface area (Å²) in [5.74, 6) is 0.579. The molecular formula is C10H13BrClNO2. The molecule has 84 valence electrons. The molecule has 0 aromatic carbocycles. The average Bonchev–Trinajstić information content (AvgIpc) is 2.50. The van der Waals surface area contributed by atoms with Crippen molar-refractivity contribution >= 4 is 33.4 Å². The van der Waals surface area contributed by atoms with Gasteiger partial charge in [-0.05, 0) is 48.3 Å². The number of nitrogens with one attached hydrogen (secondary N) is 1. The summed E-state index contributed by atoms with van der Waals surface area (Å²) < 4.78 is 5.69. The second-order valence-electron chi connectivity index (χ2n) is 3.88. The topological polar surface area (TPSA) is 42.2 Å². The third-order valence-electron chi connectivity index (χ3n) is 1.97. The molecule has 0 spiro atoms. The second kappa shape index (κ2) is 5.03. The fourth-order valence-corrected chi connectivity index (χ4v) is 1.88. The van der Waals surface area contributed by atoms with Crippen LogP contribution in [-0.2, 0) is 0 Å². The first-order chi connectivity index (χ1) is 6.94. The van der Waals surface area contributed by atoms with Crippen LogP contribution < -0.4 is 5.32 Å². The van der Waals surface area contributed by atoms with Crippen molar-refractivity contribution in [3.63, 3.8) is 0 Å². The van der Waals surface area contributed by atoms with Crippen molar-refractivity contribution in [1.82, 2.24) is 5.32 Å². The predicted octanol–water partition coefficient (Wildman–Crippen LogP) is 3.18. The summed E-state index contributed by atoms with van der Waals surface area (Å²) in [5, 5.41) is 2.85. The number of rotatable bonds is 4. The van der Waals surface area contributed by atoms with Gasteiger partial charge in [0.05, 0.1) is 0 Å². The standard InChI is InChI=1S/C10H13BrClNO2/c1-10(2,5-6-12)13-9(14)7-3-4-8(11)15-7/h3-4H,5-6H2,1-2H3,(H,13,14). The Morgan fingerprint density at radius 1 is 1.60 bits per heavy atom. The van der Waals surface area contributed by atoms with E-state index in [-0.39, 0.29) is 11.4 Å². The molecule has 0 aliphatic rings. The number of carbonyl (C=O) groups is 1. The molecule has 1 rings (SSSR count). The Balaban J connectivity index is 2.63. The predicted molar refractivity (Wildman–Crippen MR) is 63.3 cm³/mol. The minimum atomic E-state index is -0.321. The van der Waals surface area contributed by atoms with E-state index in [9.17, 15) is 4.79 Å². The van der Waals surface area contributed by atoms with E-state index >= 15 is 0 Å². The van der Waals surface area contributed by atoms with Crippen LogP contribution in [0.25, 0.3) is 0 Å². The van der Waals surface area contributed by atoms with Crippen LogP contribution in [-0.4, -0.2) is 17.3 Å². The summed E-state index contributed by atoms with van der Waals surface area (Å²) in [7, 11) is 0. The molecule has 0 unspecified atom stereocenters. The first-order valence-electron chi connectivity index (χ1n) is 4.58. The lowest BCUT2D eigenvalue weighted by Crippen LogP contribution is -2.43. The third kappa shape index (κ3) is 3.87. The Kier molecular flexibility index (Phi) is 4.22. The molecule has 1 aromatic heterocycles. The lowest BCUT2D eigenvalue weighted by Gasteiger charge is -2.24. The van der Waals surface area contributed by atoms with Gasteiger partial charge in [-0.15, -0.1) is 11.6 Å². The molecule has 5 heteroatoms. The van der Waals surface area contributed by atoms with Gasteiger partial charge in [-0.3, -0.25) is 4.79 Å². The lowest BCUT2D eigenvalue weighted by atomic mass is 10.0. The van der Waals surface area contributed by atoms with Gasteiger partial charge < -0.3 is 9.73 Å². The summed E-state index contributed by atoms with van der Waals surface area (Å²) in [4.78, 5) is 11.7. The molecule has 0 saturated carbocycles. The molecule has 1 N–H and O–H groups in total. The monoisotopic (exact) mass is 293 g/mol. The van der Waals surface area contributed by atoms with Gasteiger partial charge in [0.15, 0.2) is 10.4 Å². The zero-order valence-corrected chi connectivity index (χ0v) is 11.0. The molecule has 3 nitrogen and oxygen atoms in total. The lowest BCUT2D eigenvalue weighted by molar-refractivity contribution is 0.0882. The van der Waals surface area contributed by atoms with Crippen molar-refractivity contribution in [3.8, 4) is 0 Å². The number of amides is 1. The number of carbonyl (C=O) groups excluding carboxylic acids is 1. The van der Waals surface area contributed by atoms with Crippen LogP contribution in [0, 0.1) is 0 Å². The fourth-order valence-electron chi connectivity index (χ4n) is 1.10. The van der Waals surface area contributed by atoms with Crippen LogP contribution in [0.3, 0.4) is 0 Å². The molecule has 0 bridgehead atoms. The SMILES string of the molecule is CC(C)(CCCl)NC(=O)c1ccc(Br)o1. The first-order valence-corrected chi connectivity index (χ1v) is 5.91. The van der Waals surface area contributed by atoms with Gasteiger partial charge in [0.2, 0.25) is 0 Å². The van der Waals surface area contributed by atoms with Crippen molar-refractivity contribution in [3.05, 3.63) is 22.6 Å². The molecule has 1 heterocycles. The number of hydrogen-bond donors (Lipinski definition) is 1. The van der Waals surface area contributed by atoms with E-state index in [2.05, 4.69) is 21.2 Å². The van der Waals surface area contributed by atoms with Crippen LogP contribution >= 0.6 is 27.5 Å². The van der Waals surface area contributed by atoms with Crippen LogP contribution in [0.4, 0.5) is 0 Å². The molecule has 0 saturated heterocycles. The molecule has 15 heavy (non-hydrogen) atoms. The average molecular weight is 295 g/mol. The van der Waals surface area contributed by atoms with Crippen molar-refractivity contribution in [1.29, 1.82) is 0 Å².